The second-order valence-corrected chi connectivity index (χ2v) is 5.20. The highest BCUT2D eigenvalue weighted by molar-refractivity contribution is 8.93. The van der Waals surface area contributed by atoms with E-state index in [1.165, 1.54) is 5.56 Å². The van der Waals surface area contributed by atoms with Gasteiger partial charge in [-0.3, -0.25) is 9.89 Å². The van der Waals surface area contributed by atoms with Crippen LogP contribution < -0.4 is 15.4 Å². The van der Waals surface area contributed by atoms with Crippen LogP contribution in [-0.2, 0) is 0 Å². The van der Waals surface area contributed by atoms with Crippen LogP contribution in [0.3, 0.4) is 0 Å². The van der Waals surface area contributed by atoms with Gasteiger partial charge in [-0.1, -0.05) is 24.3 Å². The average molecular weight is 346 g/mol. The van der Waals surface area contributed by atoms with Crippen molar-refractivity contribution >= 4 is 28.6 Å². The molecule has 2 aromatic rings. The third kappa shape index (κ3) is 2.08. The van der Waals surface area contributed by atoms with E-state index in [2.05, 4.69) is 28.9 Å². The molecule has 4 nitrogen and oxygen atoms in total. The number of fused-ring (bicyclic) bond motifs is 5. The number of guanidine groups is 1. The largest absolute Gasteiger partial charge is 0.455 e. The first-order chi connectivity index (χ1) is 9.74. The van der Waals surface area contributed by atoms with Gasteiger partial charge in [0.25, 0.3) is 0 Å². The van der Waals surface area contributed by atoms with Crippen molar-refractivity contribution in [2.75, 3.05) is 11.4 Å². The second kappa shape index (κ2) is 5.07. The molecule has 0 saturated heterocycles. The van der Waals surface area contributed by atoms with Crippen LogP contribution in [0.15, 0.2) is 47.5 Å². The summed E-state index contributed by atoms with van der Waals surface area (Å²) in [4.78, 5) is 6.49. The Labute approximate surface area is 134 Å². The Bertz CT molecular complexity index is 729. The van der Waals surface area contributed by atoms with Crippen molar-refractivity contribution < 1.29 is 4.74 Å². The van der Waals surface area contributed by atoms with Crippen molar-refractivity contribution in [3.8, 4) is 11.5 Å². The number of halogens is 1. The van der Waals surface area contributed by atoms with Crippen LogP contribution in [0.1, 0.15) is 17.2 Å². The van der Waals surface area contributed by atoms with E-state index in [1.807, 2.05) is 30.3 Å². The summed E-state index contributed by atoms with van der Waals surface area (Å²) in [5.41, 5.74) is 9.40. The highest BCUT2D eigenvalue weighted by atomic mass is 79.9. The van der Waals surface area contributed by atoms with Crippen LogP contribution in [0.25, 0.3) is 0 Å². The van der Waals surface area contributed by atoms with E-state index >= 15 is 0 Å². The molecule has 0 saturated carbocycles. The SMILES string of the molecule is Br.Cc1ccc2c(c1)N1C(N)=NCC1c1ccccc1O2. The van der Waals surface area contributed by atoms with Crippen LogP contribution in [0.4, 0.5) is 5.69 Å². The molecule has 1 unspecified atom stereocenters. The van der Waals surface area contributed by atoms with Gasteiger partial charge < -0.3 is 10.5 Å². The minimum Gasteiger partial charge on any atom is -0.455 e. The van der Waals surface area contributed by atoms with E-state index in [0.29, 0.717) is 12.5 Å². The molecule has 2 heterocycles. The molecule has 4 rings (SSSR count). The maximum absolute atomic E-state index is 6.10. The summed E-state index contributed by atoms with van der Waals surface area (Å²) in [7, 11) is 0. The molecular weight excluding hydrogens is 330 g/mol. The van der Waals surface area contributed by atoms with Crippen LogP contribution >= 0.6 is 17.0 Å². The zero-order valence-electron chi connectivity index (χ0n) is 11.6. The van der Waals surface area contributed by atoms with Gasteiger partial charge >= 0.3 is 0 Å². The van der Waals surface area contributed by atoms with Crippen LogP contribution in [-0.4, -0.2) is 12.5 Å². The highest BCUT2D eigenvalue weighted by Gasteiger charge is 2.35. The highest BCUT2D eigenvalue weighted by Crippen LogP contribution is 2.45. The summed E-state index contributed by atoms with van der Waals surface area (Å²) in [5.74, 6) is 2.27. The van der Waals surface area contributed by atoms with E-state index in [1.54, 1.807) is 0 Å². The minimum absolute atomic E-state index is 0. The van der Waals surface area contributed by atoms with E-state index in [-0.39, 0.29) is 23.0 Å². The third-order valence-electron chi connectivity index (χ3n) is 3.86. The molecule has 0 fully saturated rings. The number of para-hydroxylation sites is 1. The summed E-state index contributed by atoms with van der Waals surface area (Å²) in [6.45, 7) is 2.73. The molecule has 0 bridgehead atoms. The van der Waals surface area contributed by atoms with Crippen molar-refractivity contribution in [1.29, 1.82) is 0 Å². The fourth-order valence-corrected chi connectivity index (χ4v) is 2.90. The molecule has 2 aliphatic heterocycles. The number of benzene rings is 2. The number of aryl methyl sites for hydroxylation is 1. The number of hydrogen-bond donors (Lipinski definition) is 1. The van der Waals surface area contributed by atoms with Gasteiger partial charge in [0.05, 0.1) is 18.3 Å². The number of rotatable bonds is 0. The Morgan fingerprint density at radius 3 is 2.86 bits per heavy atom. The quantitative estimate of drug-likeness (QED) is 0.794. The van der Waals surface area contributed by atoms with Gasteiger partial charge in [0, 0.05) is 5.56 Å². The Hall–Kier alpha value is -2.01. The molecule has 2 aromatic carbocycles. The Morgan fingerprint density at radius 2 is 2.00 bits per heavy atom. The lowest BCUT2D eigenvalue weighted by Crippen LogP contribution is -2.35. The first kappa shape index (κ1) is 13.9. The van der Waals surface area contributed by atoms with Crippen molar-refractivity contribution in [3.63, 3.8) is 0 Å². The topological polar surface area (TPSA) is 50.8 Å². The average Bonchev–Trinajstić information content (AvgIpc) is 2.76. The Balaban J connectivity index is 0.00000132. The molecule has 0 spiro atoms. The zero-order chi connectivity index (χ0) is 13.7. The number of hydrogen-bond acceptors (Lipinski definition) is 4. The van der Waals surface area contributed by atoms with Crippen molar-refractivity contribution in [3.05, 3.63) is 53.6 Å². The predicted molar refractivity (Wildman–Crippen MR) is 89.7 cm³/mol. The Morgan fingerprint density at radius 1 is 1.19 bits per heavy atom. The van der Waals surface area contributed by atoms with Crippen LogP contribution in [0, 0.1) is 6.92 Å². The minimum atomic E-state index is 0. The van der Waals surface area contributed by atoms with Gasteiger partial charge in [-0.25, -0.2) is 0 Å². The smallest absolute Gasteiger partial charge is 0.196 e. The standard InChI is InChI=1S/C16H15N3O.BrH/c1-10-6-7-15-12(8-10)19-13(9-18-16(19)17)11-4-2-3-5-14(11)20-15;/h2-8,13H,9H2,1H3,(H2,17,18);1H. The lowest BCUT2D eigenvalue weighted by atomic mass is 10.0. The summed E-state index contributed by atoms with van der Waals surface area (Å²) >= 11 is 0. The molecule has 0 aliphatic carbocycles. The maximum Gasteiger partial charge on any atom is 0.196 e. The fraction of sp³-hybridized carbons (Fsp3) is 0.188. The third-order valence-corrected chi connectivity index (χ3v) is 3.86. The van der Waals surface area contributed by atoms with E-state index in [4.69, 9.17) is 10.5 Å². The normalized spacial score (nSPS) is 18.4. The first-order valence-corrected chi connectivity index (χ1v) is 6.70. The van der Waals surface area contributed by atoms with Gasteiger partial charge in [0.1, 0.15) is 5.75 Å². The summed E-state index contributed by atoms with van der Waals surface area (Å²) < 4.78 is 6.09. The fourth-order valence-electron chi connectivity index (χ4n) is 2.90. The molecule has 108 valence electrons. The second-order valence-electron chi connectivity index (χ2n) is 5.20. The van der Waals surface area contributed by atoms with Gasteiger partial charge in [0.15, 0.2) is 11.7 Å². The van der Waals surface area contributed by atoms with Crippen molar-refractivity contribution in [1.82, 2.24) is 0 Å². The van der Waals surface area contributed by atoms with Gasteiger partial charge in [0.2, 0.25) is 0 Å². The van der Waals surface area contributed by atoms with Gasteiger partial charge in [-0.2, -0.15) is 0 Å². The number of nitrogens with two attached hydrogens (primary N) is 1. The summed E-state index contributed by atoms with van der Waals surface area (Å²) in [6.07, 6.45) is 0. The molecular formula is C16H16BrN3O. The molecule has 2 N–H and O–H groups in total. The summed E-state index contributed by atoms with van der Waals surface area (Å²) in [5, 5.41) is 0. The lowest BCUT2D eigenvalue weighted by molar-refractivity contribution is 0.482. The molecule has 0 amide bonds. The van der Waals surface area contributed by atoms with Gasteiger partial charge in [-0.05, 0) is 30.7 Å². The number of anilines is 1. The van der Waals surface area contributed by atoms with Gasteiger partial charge in [-0.15, -0.1) is 17.0 Å². The summed E-state index contributed by atoms with van der Waals surface area (Å²) in [6, 6.07) is 14.4. The zero-order valence-corrected chi connectivity index (χ0v) is 13.3. The van der Waals surface area contributed by atoms with Crippen molar-refractivity contribution in [2.45, 2.75) is 13.0 Å². The number of ether oxygens (including phenoxy) is 1. The molecule has 0 radical (unpaired) electrons. The van der Waals surface area contributed by atoms with E-state index < -0.39 is 0 Å². The molecule has 1 atom stereocenters. The van der Waals surface area contributed by atoms with Crippen LogP contribution in [0.2, 0.25) is 0 Å². The van der Waals surface area contributed by atoms with E-state index in [9.17, 15) is 0 Å². The van der Waals surface area contributed by atoms with Crippen molar-refractivity contribution in [2.24, 2.45) is 10.7 Å². The first-order valence-electron chi connectivity index (χ1n) is 6.70. The Kier molecular flexibility index (Phi) is 3.37. The predicted octanol–water partition coefficient (Wildman–Crippen LogP) is 3.55. The monoisotopic (exact) mass is 345 g/mol. The molecule has 0 aromatic heterocycles. The number of nitrogens with zero attached hydrogens (tertiary/aromatic N) is 2. The molecule has 2 aliphatic rings. The number of aliphatic imine (C=N–C) groups is 1. The lowest BCUT2D eigenvalue weighted by Gasteiger charge is -2.25. The van der Waals surface area contributed by atoms with Crippen LogP contribution in [0.5, 0.6) is 11.5 Å². The van der Waals surface area contributed by atoms with E-state index in [0.717, 1.165) is 22.7 Å². The molecule has 5 heteroatoms. The maximum atomic E-state index is 6.10. The molecule has 21 heavy (non-hydrogen) atoms.